The Balaban J connectivity index is 2.05. The van der Waals surface area contributed by atoms with Crippen molar-refractivity contribution < 1.29 is 17.5 Å². The Hall–Kier alpha value is -2.24. The summed E-state index contributed by atoms with van der Waals surface area (Å²) in [5.41, 5.74) is 1.82. The van der Waals surface area contributed by atoms with Crippen molar-refractivity contribution in [2.45, 2.75) is 30.9 Å². The summed E-state index contributed by atoms with van der Waals surface area (Å²) >= 11 is 0. The zero-order valence-electron chi connectivity index (χ0n) is 17.1. The number of hydrogen-bond acceptors (Lipinski definition) is 4. The molecule has 0 heterocycles. The van der Waals surface area contributed by atoms with Crippen molar-refractivity contribution in [3.8, 4) is 0 Å². The van der Waals surface area contributed by atoms with Gasteiger partial charge in [0.1, 0.15) is 5.78 Å². The summed E-state index contributed by atoms with van der Waals surface area (Å²) in [7, 11) is -7.47. The average Bonchev–Trinajstić information content (AvgIpc) is 2.75. The van der Waals surface area contributed by atoms with Gasteiger partial charge in [-0.2, -0.15) is 4.72 Å². The monoisotopic (exact) mass is 443 g/mol. The van der Waals surface area contributed by atoms with Crippen molar-refractivity contribution >= 4 is 22.7 Å². The van der Waals surface area contributed by atoms with Crippen LogP contribution < -0.4 is 10.0 Å². The molecular formula is C23H26NO4PS. The van der Waals surface area contributed by atoms with Gasteiger partial charge in [0.2, 0.25) is 17.4 Å². The largest absolute Gasteiger partial charge is 0.324 e. The topological polar surface area (TPSA) is 72.5 Å². The predicted molar refractivity (Wildman–Crippen MR) is 121 cm³/mol. The van der Waals surface area contributed by atoms with Crippen LogP contribution in [0.2, 0.25) is 0 Å². The van der Waals surface area contributed by atoms with Crippen LogP contribution in [0.4, 0.5) is 0 Å². The van der Waals surface area contributed by atoms with Gasteiger partial charge in [0.05, 0.1) is 11.5 Å². The predicted octanol–water partition coefficient (Wildman–Crippen LogP) is 4.48. The molecule has 0 aliphatic rings. The Labute approximate surface area is 178 Å². The molecule has 0 saturated heterocycles. The molecule has 2 atom stereocenters. The zero-order chi connectivity index (χ0) is 21.6. The van der Waals surface area contributed by atoms with Crippen LogP contribution >= 0.6 is 7.37 Å². The third-order valence-corrected chi connectivity index (χ3v) is 9.20. The molecule has 0 amide bonds. The molecule has 3 rings (SSSR count). The van der Waals surface area contributed by atoms with Crippen molar-refractivity contribution in [3.05, 3.63) is 96.1 Å². The fourth-order valence-corrected chi connectivity index (χ4v) is 7.36. The molecule has 0 spiro atoms. The van der Waals surface area contributed by atoms with Crippen LogP contribution in [-0.2, 0) is 25.5 Å². The first kappa shape index (κ1) is 22.4. The molecule has 2 unspecified atom stereocenters. The lowest BCUT2D eigenvalue weighted by Gasteiger charge is -2.28. The maximum absolute atomic E-state index is 14.1. The number of benzene rings is 3. The zero-order valence-corrected chi connectivity index (χ0v) is 18.8. The van der Waals surface area contributed by atoms with E-state index < -0.39 is 23.2 Å². The van der Waals surface area contributed by atoms with Crippen molar-refractivity contribution in [2.24, 2.45) is 0 Å². The summed E-state index contributed by atoms with van der Waals surface area (Å²) in [6.45, 7) is 3.84. The second-order valence-electron chi connectivity index (χ2n) is 6.99. The molecule has 0 bridgehead atoms. The van der Waals surface area contributed by atoms with Gasteiger partial charge in [0.25, 0.3) is 0 Å². The maximum atomic E-state index is 14.1. The number of aryl methyl sites for hydroxylation is 1. The number of hydrogen-bond donors (Lipinski definition) is 1. The van der Waals surface area contributed by atoms with Gasteiger partial charge in [-0.05, 0) is 50.1 Å². The lowest BCUT2D eigenvalue weighted by atomic mass is 10.1. The van der Waals surface area contributed by atoms with Gasteiger partial charge in [-0.15, -0.1) is 0 Å². The molecule has 1 N–H and O–H groups in total. The molecule has 5 nitrogen and oxygen atoms in total. The third-order valence-electron chi connectivity index (χ3n) is 4.74. The smallest absolute Gasteiger partial charge is 0.249 e. The first-order chi connectivity index (χ1) is 14.3. The molecule has 158 valence electrons. The number of nitrogens with one attached hydrogen (secondary N) is 1. The second kappa shape index (κ2) is 9.71. The van der Waals surface area contributed by atoms with E-state index in [4.69, 9.17) is 4.52 Å². The van der Waals surface area contributed by atoms with E-state index >= 15 is 0 Å². The standard InChI is InChI=1S/C23H26NO4PS/c1-3-28-29(25,21-12-8-5-9-13-21)23(18-20-10-6-4-7-11-20)24-30(26,27)22-16-14-19(2)15-17-22/h4-17,23-24H,3,18H2,1-2H3. The molecule has 3 aromatic rings. The lowest BCUT2D eigenvalue weighted by Crippen LogP contribution is -2.39. The first-order valence-electron chi connectivity index (χ1n) is 9.78. The molecule has 0 aliphatic carbocycles. The van der Waals surface area contributed by atoms with Crippen LogP contribution in [0, 0.1) is 6.92 Å². The van der Waals surface area contributed by atoms with Gasteiger partial charge in [0, 0.05) is 5.30 Å². The Morgan fingerprint density at radius 1 is 0.900 bits per heavy atom. The van der Waals surface area contributed by atoms with Gasteiger partial charge >= 0.3 is 0 Å². The van der Waals surface area contributed by atoms with Crippen molar-refractivity contribution in [1.82, 2.24) is 4.72 Å². The minimum atomic E-state index is -3.91. The highest BCUT2D eigenvalue weighted by molar-refractivity contribution is 7.90. The molecular weight excluding hydrogens is 417 g/mol. The minimum absolute atomic E-state index is 0.127. The molecule has 30 heavy (non-hydrogen) atoms. The van der Waals surface area contributed by atoms with Crippen LogP contribution in [0.5, 0.6) is 0 Å². The summed E-state index contributed by atoms with van der Waals surface area (Å²) in [6, 6.07) is 24.8. The fraction of sp³-hybridized carbons (Fsp3) is 0.217. The average molecular weight is 444 g/mol. The summed E-state index contributed by atoms with van der Waals surface area (Å²) in [5.74, 6) is -0.950. The van der Waals surface area contributed by atoms with E-state index in [0.29, 0.717) is 5.30 Å². The fourth-order valence-electron chi connectivity index (χ4n) is 3.21. The van der Waals surface area contributed by atoms with Crippen molar-refractivity contribution in [3.63, 3.8) is 0 Å². The highest BCUT2D eigenvalue weighted by atomic mass is 32.2. The van der Waals surface area contributed by atoms with Crippen LogP contribution in [0.15, 0.2) is 89.8 Å². The Kier molecular flexibility index (Phi) is 7.27. The van der Waals surface area contributed by atoms with Crippen molar-refractivity contribution in [2.75, 3.05) is 6.61 Å². The van der Waals surface area contributed by atoms with E-state index in [1.807, 2.05) is 43.3 Å². The summed E-state index contributed by atoms with van der Waals surface area (Å²) in [6.07, 6.45) is 0.234. The highest BCUT2D eigenvalue weighted by Gasteiger charge is 2.39. The van der Waals surface area contributed by atoms with Crippen LogP contribution in [0.25, 0.3) is 0 Å². The maximum Gasteiger partial charge on any atom is 0.249 e. The number of sulfonamides is 1. The lowest BCUT2D eigenvalue weighted by molar-refractivity contribution is 0.330. The van der Waals surface area contributed by atoms with E-state index in [-0.39, 0.29) is 17.9 Å². The number of rotatable bonds is 9. The quantitative estimate of drug-likeness (QED) is 0.495. The van der Waals surface area contributed by atoms with Crippen LogP contribution in [-0.4, -0.2) is 20.8 Å². The van der Waals surface area contributed by atoms with Crippen molar-refractivity contribution in [1.29, 1.82) is 0 Å². The van der Waals surface area contributed by atoms with E-state index in [1.54, 1.807) is 55.5 Å². The Morgan fingerprint density at radius 3 is 2.03 bits per heavy atom. The van der Waals surface area contributed by atoms with Crippen LogP contribution in [0.3, 0.4) is 0 Å². The summed E-state index contributed by atoms with van der Waals surface area (Å²) in [4.78, 5) is 0.127. The van der Waals surface area contributed by atoms with E-state index in [1.165, 1.54) is 0 Å². The molecule has 0 radical (unpaired) electrons. The molecule has 0 aliphatic heterocycles. The van der Waals surface area contributed by atoms with Gasteiger partial charge in [-0.3, -0.25) is 4.57 Å². The molecule has 7 heteroatoms. The van der Waals surface area contributed by atoms with E-state index in [9.17, 15) is 13.0 Å². The van der Waals surface area contributed by atoms with Gasteiger partial charge in [-0.25, -0.2) is 8.42 Å². The second-order valence-corrected chi connectivity index (χ2v) is 11.3. The summed E-state index contributed by atoms with van der Waals surface area (Å²) < 4.78 is 48.9. The van der Waals surface area contributed by atoms with Gasteiger partial charge in [0.15, 0.2) is 0 Å². The molecule has 0 fully saturated rings. The Morgan fingerprint density at radius 2 is 1.47 bits per heavy atom. The molecule has 0 aromatic heterocycles. The highest BCUT2D eigenvalue weighted by Crippen LogP contribution is 2.51. The first-order valence-corrected chi connectivity index (χ1v) is 13.0. The summed E-state index contributed by atoms with van der Waals surface area (Å²) in [5, 5.41) is 0.486. The third kappa shape index (κ3) is 5.27. The van der Waals surface area contributed by atoms with Crippen LogP contribution in [0.1, 0.15) is 18.1 Å². The Bertz CT molecular complexity index is 1100. The SMILES string of the molecule is CCOP(=O)(c1ccccc1)C(Cc1ccccc1)NS(=O)(=O)c1ccc(C)cc1. The molecule has 3 aromatic carbocycles. The normalized spacial score (nSPS) is 14.7. The van der Waals surface area contributed by atoms with Gasteiger partial charge < -0.3 is 4.52 Å². The van der Waals surface area contributed by atoms with E-state index in [0.717, 1.165) is 11.1 Å². The van der Waals surface area contributed by atoms with E-state index in [2.05, 4.69) is 4.72 Å². The molecule has 0 saturated carbocycles. The van der Waals surface area contributed by atoms with Gasteiger partial charge in [-0.1, -0.05) is 66.2 Å². The minimum Gasteiger partial charge on any atom is -0.324 e.